The zero-order valence-electron chi connectivity index (χ0n) is 11.8. The summed E-state index contributed by atoms with van der Waals surface area (Å²) in [7, 11) is 3.83. The number of hydrogen-bond donors (Lipinski definition) is 1. The summed E-state index contributed by atoms with van der Waals surface area (Å²) < 4.78 is 5.00. The van der Waals surface area contributed by atoms with Crippen molar-refractivity contribution in [3.8, 4) is 0 Å². The lowest BCUT2D eigenvalue weighted by atomic mass is 10.2. The maximum atomic E-state index is 6.37. The minimum Gasteiger partial charge on any atom is -0.383 e. The van der Waals surface area contributed by atoms with Crippen LogP contribution in [0, 0.1) is 5.92 Å². The third-order valence-corrected chi connectivity index (χ3v) is 3.77. The number of nitrogens with one attached hydrogen (secondary N) is 1. The summed E-state index contributed by atoms with van der Waals surface area (Å²) in [5.41, 5.74) is 2.35. The highest BCUT2D eigenvalue weighted by Crippen LogP contribution is 2.33. The summed E-state index contributed by atoms with van der Waals surface area (Å²) in [5.74, 6) is 0.872. The van der Waals surface area contributed by atoms with Gasteiger partial charge < -0.3 is 15.0 Å². The fourth-order valence-corrected chi connectivity index (χ4v) is 2.51. The molecule has 4 heteroatoms. The van der Waals surface area contributed by atoms with Crippen LogP contribution < -0.4 is 10.2 Å². The number of rotatable bonds is 8. The first kappa shape index (κ1) is 14.6. The van der Waals surface area contributed by atoms with E-state index in [1.54, 1.807) is 7.11 Å². The zero-order valence-corrected chi connectivity index (χ0v) is 12.5. The summed E-state index contributed by atoms with van der Waals surface area (Å²) in [6.45, 7) is 3.54. The molecule has 0 radical (unpaired) electrons. The Labute approximate surface area is 120 Å². The fourth-order valence-electron chi connectivity index (χ4n) is 2.16. The lowest BCUT2D eigenvalue weighted by molar-refractivity contribution is 0.199. The Bertz CT molecular complexity index is 407. The molecular weight excluding hydrogens is 260 g/mol. The number of methoxy groups -OCH3 is 1. The maximum absolute atomic E-state index is 6.37. The molecule has 1 N–H and O–H groups in total. The molecule has 0 spiro atoms. The van der Waals surface area contributed by atoms with E-state index < -0.39 is 0 Å². The second-order valence-corrected chi connectivity index (χ2v) is 5.69. The van der Waals surface area contributed by atoms with Crippen molar-refractivity contribution < 1.29 is 4.74 Å². The molecule has 1 aliphatic rings. The molecule has 1 aliphatic carbocycles. The summed E-state index contributed by atoms with van der Waals surface area (Å²) >= 11 is 6.37. The zero-order chi connectivity index (χ0) is 13.7. The topological polar surface area (TPSA) is 24.5 Å². The standard InChI is InChI=1S/C15H23ClN2O/c1-18(11-12-3-4-12)15-6-5-13(9-14(15)16)10-17-7-8-19-2/h5-6,9,12,17H,3-4,7-8,10-11H2,1-2H3. The maximum Gasteiger partial charge on any atom is 0.0642 e. The summed E-state index contributed by atoms with van der Waals surface area (Å²) in [6, 6.07) is 6.32. The Morgan fingerprint density at radius 3 is 2.84 bits per heavy atom. The first-order valence-electron chi connectivity index (χ1n) is 6.90. The molecule has 0 aliphatic heterocycles. The number of nitrogens with zero attached hydrogens (tertiary/aromatic N) is 1. The van der Waals surface area contributed by atoms with Gasteiger partial charge in [-0.15, -0.1) is 0 Å². The van der Waals surface area contributed by atoms with E-state index in [0.717, 1.165) is 42.9 Å². The lowest BCUT2D eigenvalue weighted by Gasteiger charge is -2.21. The van der Waals surface area contributed by atoms with Crippen LogP contribution >= 0.6 is 11.6 Å². The predicted octanol–water partition coefficient (Wildman–Crippen LogP) is 2.92. The van der Waals surface area contributed by atoms with Crippen LogP contribution in [0.15, 0.2) is 18.2 Å². The van der Waals surface area contributed by atoms with E-state index >= 15 is 0 Å². The minimum absolute atomic E-state index is 0.732. The van der Waals surface area contributed by atoms with Gasteiger partial charge in [-0.1, -0.05) is 17.7 Å². The highest BCUT2D eigenvalue weighted by molar-refractivity contribution is 6.33. The van der Waals surface area contributed by atoms with E-state index in [0.29, 0.717) is 0 Å². The Morgan fingerprint density at radius 2 is 2.21 bits per heavy atom. The molecule has 0 aromatic heterocycles. The third kappa shape index (κ3) is 4.68. The van der Waals surface area contributed by atoms with Gasteiger partial charge in [0.25, 0.3) is 0 Å². The molecular formula is C15H23ClN2O. The van der Waals surface area contributed by atoms with Gasteiger partial charge in [-0.05, 0) is 36.5 Å². The lowest BCUT2D eigenvalue weighted by Crippen LogP contribution is -2.21. The molecule has 1 saturated carbocycles. The van der Waals surface area contributed by atoms with Gasteiger partial charge in [-0.2, -0.15) is 0 Å². The fraction of sp³-hybridized carbons (Fsp3) is 0.600. The Hall–Kier alpha value is -0.770. The molecule has 0 heterocycles. The average molecular weight is 283 g/mol. The second kappa shape index (κ2) is 7.13. The van der Waals surface area contributed by atoms with E-state index in [1.165, 1.54) is 18.4 Å². The normalized spacial score (nSPS) is 14.7. The van der Waals surface area contributed by atoms with Gasteiger partial charge in [0.15, 0.2) is 0 Å². The first-order chi connectivity index (χ1) is 9.20. The molecule has 1 fully saturated rings. The smallest absolute Gasteiger partial charge is 0.0642 e. The van der Waals surface area contributed by atoms with Gasteiger partial charge in [-0.3, -0.25) is 0 Å². The van der Waals surface area contributed by atoms with Crippen molar-refractivity contribution in [1.82, 2.24) is 5.32 Å². The van der Waals surface area contributed by atoms with Crippen molar-refractivity contribution in [2.75, 3.05) is 38.8 Å². The van der Waals surface area contributed by atoms with Crippen molar-refractivity contribution >= 4 is 17.3 Å². The van der Waals surface area contributed by atoms with Crippen molar-refractivity contribution in [3.05, 3.63) is 28.8 Å². The largest absolute Gasteiger partial charge is 0.383 e. The second-order valence-electron chi connectivity index (χ2n) is 5.28. The van der Waals surface area contributed by atoms with Crippen molar-refractivity contribution in [2.45, 2.75) is 19.4 Å². The molecule has 0 saturated heterocycles. The Kier molecular flexibility index (Phi) is 5.49. The third-order valence-electron chi connectivity index (χ3n) is 3.46. The van der Waals surface area contributed by atoms with Gasteiger partial charge in [0.2, 0.25) is 0 Å². The first-order valence-corrected chi connectivity index (χ1v) is 7.27. The van der Waals surface area contributed by atoms with Crippen LogP contribution in [0.4, 0.5) is 5.69 Å². The number of ether oxygens (including phenoxy) is 1. The molecule has 2 rings (SSSR count). The summed E-state index contributed by atoms with van der Waals surface area (Å²) in [5, 5.41) is 4.17. The number of anilines is 1. The van der Waals surface area contributed by atoms with E-state index in [1.807, 2.05) is 0 Å². The molecule has 0 bridgehead atoms. The Balaban J connectivity index is 1.88. The van der Waals surface area contributed by atoms with Gasteiger partial charge in [-0.25, -0.2) is 0 Å². The molecule has 1 aromatic carbocycles. The highest BCUT2D eigenvalue weighted by Gasteiger charge is 2.23. The molecule has 1 aromatic rings. The van der Waals surface area contributed by atoms with Crippen LogP contribution in [0.1, 0.15) is 18.4 Å². The molecule has 0 unspecified atom stereocenters. The van der Waals surface area contributed by atoms with Crippen molar-refractivity contribution in [1.29, 1.82) is 0 Å². The van der Waals surface area contributed by atoms with Crippen LogP contribution in [0.3, 0.4) is 0 Å². The van der Waals surface area contributed by atoms with E-state index in [-0.39, 0.29) is 0 Å². The number of benzene rings is 1. The highest BCUT2D eigenvalue weighted by atomic mass is 35.5. The molecule has 19 heavy (non-hydrogen) atoms. The monoisotopic (exact) mass is 282 g/mol. The van der Waals surface area contributed by atoms with Crippen LogP contribution in [-0.2, 0) is 11.3 Å². The summed E-state index contributed by atoms with van der Waals surface area (Å²) in [4.78, 5) is 2.27. The van der Waals surface area contributed by atoms with Crippen LogP contribution in [0.2, 0.25) is 5.02 Å². The van der Waals surface area contributed by atoms with E-state index in [9.17, 15) is 0 Å². The van der Waals surface area contributed by atoms with Crippen LogP contribution in [0.25, 0.3) is 0 Å². The number of hydrogen-bond acceptors (Lipinski definition) is 3. The van der Waals surface area contributed by atoms with Crippen molar-refractivity contribution in [2.24, 2.45) is 5.92 Å². The van der Waals surface area contributed by atoms with Gasteiger partial charge in [0.1, 0.15) is 0 Å². The van der Waals surface area contributed by atoms with Gasteiger partial charge in [0.05, 0.1) is 17.3 Å². The van der Waals surface area contributed by atoms with E-state index in [4.69, 9.17) is 16.3 Å². The molecule has 3 nitrogen and oxygen atoms in total. The average Bonchev–Trinajstić information content (AvgIpc) is 3.18. The predicted molar refractivity (Wildman–Crippen MR) is 81.0 cm³/mol. The summed E-state index contributed by atoms with van der Waals surface area (Å²) in [6.07, 6.45) is 2.73. The molecule has 106 valence electrons. The SMILES string of the molecule is COCCNCc1ccc(N(C)CC2CC2)c(Cl)c1. The van der Waals surface area contributed by atoms with Crippen molar-refractivity contribution in [3.63, 3.8) is 0 Å². The quantitative estimate of drug-likeness (QED) is 0.742. The van der Waals surface area contributed by atoms with Gasteiger partial charge >= 0.3 is 0 Å². The van der Waals surface area contributed by atoms with E-state index in [2.05, 4.69) is 35.5 Å². The minimum atomic E-state index is 0.732. The van der Waals surface area contributed by atoms with Crippen LogP contribution in [-0.4, -0.2) is 33.9 Å². The Morgan fingerprint density at radius 1 is 1.42 bits per heavy atom. The number of halogens is 1. The molecule has 0 amide bonds. The van der Waals surface area contributed by atoms with Crippen LogP contribution in [0.5, 0.6) is 0 Å². The molecule has 0 atom stereocenters. The van der Waals surface area contributed by atoms with Gasteiger partial charge in [0, 0.05) is 33.8 Å².